The number of primary amides is 2. The molecular formula is C22H18N2O8. The lowest BCUT2D eigenvalue weighted by Crippen LogP contribution is -2.58. The molecule has 32 heavy (non-hydrogen) atoms. The van der Waals surface area contributed by atoms with Crippen LogP contribution < -0.4 is 11.5 Å². The van der Waals surface area contributed by atoms with E-state index < -0.39 is 64.3 Å². The Balaban J connectivity index is 1.93. The summed E-state index contributed by atoms with van der Waals surface area (Å²) in [6, 6.07) is 2.65. The molecule has 0 heterocycles. The molecule has 3 unspecified atom stereocenters. The summed E-state index contributed by atoms with van der Waals surface area (Å²) in [6.07, 6.45) is -0.316. The van der Waals surface area contributed by atoms with Crippen LogP contribution in [-0.4, -0.2) is 49.4 Å². The first kappa shape index (κ1) is 21.1. The van der Waals surface area contributed by atoms with Gasteiger partial charge in [-0.3, -0.25) is 19.2 Å². The van der Waals surface area contributed by atoms with Crippen LogP contribution in [0.1, 0.15) is 29.5 Å². The molecule has 8 N–H and O–H groups in total. The summed E-state index contributed by atoms with van der Waals surface area (Å²) in [4.78, 5) is 48.3. The predicted octanol–water partition coefficient (Wildman–Crippen LogP) is -0.739. The van der Waals surface area contributed by atoms with Crippen LogP contribution in [0.3, 0.4) is 0 Å². The standard InChI is InChI=1S/C22H18N2O8/c23-14(27)4-2-8-1-3-12(25)16-11(8)6-9-5-10-7-13(26)17(21(24)31)20(30)22(10,32)19(29)15(9)18(16)28/h1,3,9-10,25,28,30,32H,5-7H2,(H2,23,27)(H2,24,31). The molecule has 0 aromatic heterocycles. The number of rotatable bonds is 1. The minimum atomic E-state index is -2.62. The monoisotopic (exact) mass is 438 g/mol. The van der Waals surface area contributed by atoms with Crippen molar-refractivity contribution in [3.63, 3.8) is 0 Å². The third kappa shape index (κ3) is 2.79. The number of hydrogen-bond donors (Lipinski definition) is 6. The number of nitrogens with two attached hydrogens (primary N) is 2. The number of aliphatic hydroxyl groups excluding tert-OH is 2. The summed E-state index contributed by atoms with van der Waals surface area (Å²) in [5, 5.41) is 42.9. The highest BCUT2D eigenvalue weighted by atomic mass is 16.3. The molecule has 1 aromatic carbocycles. The van der Waals surface area contributed by atoms with Crippen molar-refractivity contribution >= 4 is 29.1 Å². The van der Waals surface area contributed by atoms with Crippen LogP contribution >= 0.6 is 0 Å². The van der Waals surface area contributed by atoms with Gasteiger partial charge in [0.15, 0.2) is 11.4 Å². The van der Waals surface area contributed by atoms with E-state index in [9.17, 15) is 39.6 Å². The number of carbonyl (C=O) groups excluding carboxylic acids is 4. The lowest BCUT2D eigenvalue weighted by Gasteiger charge is -2.46. The topological polar surface area (TPSA) is 201 Å². The number of amides is 2. The average molecular weight is 438 g/mol. The number of benzene rings is 1. The second kappa shape index (κ2) is 6.96. The number of Topliss-reactive ketones (excluding diaryl/α,β-unsaturated/α-hetero) is 2. The molecule has 3 aliphatic rings. The number of phenols is 1. The zero-order valence-electron chi connectivity index (χ0n) is 16.5. The molecule has 164 valence electrons. The average Bonchev–Trinajstić information content (AvgIpc) is 2.69. The summed E-state index contributed by atoms with van der Waals surface area (Å²) in [7, 11) is 0. The molecule has 3 atom stereocenters. The van der Waals surface area contributed by atoms with E-state index >= 15 is 0 Å². The van der Waals surface area contributed by atoms with E-state index in [4.69, 9.17) is 11.5 Å². The van der Waals surface area contributed by atoms with Crippen molar-refractivity contribution in [2.75, 3.05) is 0 Å². The molecule has 10 heteroatoms. The number of hydrogen-bond acceptors (Lipinski definition) is 8. The fourth-order valence-electron chi connectivity index (χ4n) is 4.87. The normalized spacial score (nSPS) is 26.5. The van der Waals surface area contributed by atoms with Crippen LogP contribution in [0, 0.1) is 23.7 Å². The van der Waals surface area contributed by atoms with Gasteiger partial charge in [-0.2, -0.15) is 0 Å². The van der Waals surface area contributed by atoms with Crippen LogP contribution in [0.4, 0.5) is 0 Å². The van der Waals surface area contributed by atoms with Gasteiger partial charge in [-0.05, 0) is 42.4 Å². The lowest BCUT2D eigenvalue weighted by molar-refractivity contribution is -0.147. The molecule has 4 rings (SSSR count). The van der Waals surface area contributed by atoms with Crippen LogP contribution in [0.2, 0.25) is 0 Å². The van der Waals surface area contributed by atoms with Crippen molar-refractivity contribution in [1.82, 2.24) is 0 Å². The highest BCUT2D eigenvalue weighted by molar-refractivity contribution is 6.22. The SMILES string of the molecule is NC(=O)C#Cc1ccc(O)c2c1CC1CC3CC(=O)C(C(N)=O)=C(O)C3(O)C(=O)C1=C2O. The molecular weight excluding hydrogens is 420 g/mol. The van der Waals surface area contributed by atoms with Gasteiger partial charge in [0.1, 0.15) is 22.8 Å². The Morgan fingerprint density at radius 1 is 1.09 bits per heavy atom. The predicted molar refractivity (Wildman–Crippen MR) is 107 cm³/mol. The van der Waals surface area contributed by atoms with Gasteiger partial charge in [0.05, 0.1) is 5.56 Å². The first-order chi connectivity index (χ1) is 15.0. The maximum Gasteiger partial charge on any atom is 0.293 e. The summed E-state index contributed by atoms with van der Waals surface area (Å²) in [5.41, 5.74) is 7.04. The first-order valence-electron chi connectivity index (χ1n) is 9.62. The summed E-state index contributed by atoms with van der Waals surface area (Å²) in [6.45, 7) is 0. The van der Waals surface area contributed by atoms with Gasteiger partial charge in [-0.15, -0.1) is 0 Å². The molecule has 1 fully saturated rings. The molecule has 1 aromatic rings. The fraction of sp³-hybridized carbons (Fsp3) is 0.273. The van der Waals surface area contributed by atoms with E-state index in [2.05, 4.69) is 11.8 Å². The van der Waals surface area contributed by atoms with E-state index in [1.54, 1.807) is 0 Å². The molecule has 0 saturated heterocycles. The smallest absolute Gasteiger partial charge is 0.293 e. The molecule has 0 radical (unpaired) electrons. The number of ketones is 2. The number of aliphatic hydroxyl groups is 3. The maximum atomic E-state index is 13.3. The highest BCUT2D eigenvalue weighted by Gasteiger charge is 2.60. The van der Waals surface area contributed by atoms with E-state index in [1.165, 1.54) is 12.1 Å². The van der Waals surface area contributed by atoms with Crippen molar-refractivity contribution in [2.45, 2.75) is 24.9 Å². The molecule has 0 aliphatic heterocycles. The van der Waals surface area contributed by atoms with E-state index in [0.29, 0.717) is 11.1 Å². The van der Waals surface area contributed by atoms with Gasteiger partial charge >= 0.3 is 0 Å². The molecule has 3 aliphatic carbocycles. The molecule has 0 spiro atoms. The Kier molecular flexibility index (Phi) is 4.60. The van der Waals surface area contributed by atoms with Gasteiger partial charge in [0, 0.05) is 23.5 Å². The van der Waals surface area contributed by atoms with Crippen molar-refractivity contribution in [1.29, 1.82) is 0 Å². The van der Waals surface area contributed by atoms with Crippen LogP contribution in [0.25, 0.3) is 5.76 Å². The van der Waals surface area contributed by atoms with Crippen LogP contribution in [-0.2, 0) is 25.6 Å². The summed E-state index contributed by atoms with van der Waals surface area (Å²) in [5.74, 6) is -3.17. The van der Waals surface area contributed by atoms with Crippen molar-refractivity contribution in [2.24, 2.45) is 23.3 Å². The summed E-state index contributed by atoms with van der Waals surface area (Å²) < 4.78 is 0. The number of fused-ring (bicyclic) bond motifs is 3. The van der Waals surface area contributed by atoms with Crippen molar-refractivity contribution < 1.29 is 39.6 Å². The van der Waals surface area contributed by atoms with Crippen LogP contribution in [0.5, 0.6) is 5.75 Å². The lowest BCUT2D eigenvalue weighted by atomic mass is 9.59. The van der Waals surface area contributed by atoms with Gasteiger partial charge in [0.2, 0.25) is 5.78 Å². The Morgan fingerprint density at radius 3 is 2.41 bits per heavy atom. The molecule has 10 nitrogen and oxygen atoms in total. The maximum absolute atomic E-state index is 13.3. The quantitative estimate of drug-likeness (QED) is 0.243. The van der Waals surface area contributed by atoms with Crippen LogP contribution in [0.15, 0.2) is 29.0 Å². The zero-order valence-corrected chi connectivity index (χ0v) is 16.5. The van der Waals surface area contributed by atoms with E-state index in [0.717, 1.165) is 0 Å². The van der Waals surface area contributed by atoms with E-state index in [-0.39, 0.29) is 29.7 Å². The first-order valence-corrected chi connectivity index (χ1v) is 9.62. The van der Waals surface area contributed by atoms with Gasteiger partial charge in [0.25, 0.3) is 11.8 Å². The number of aromatic hydroxyl groups is 1. The highest BCUT2D eigenvalue weighted by Crippen LogP contribution is 2.52. The largest absolute Gasteiger partial charge is 0.508 e. The Labute approximate surface area is 180 Å². The minimum Gasteiger partial charge on any atom is -0.508 e. The molecule has 0 bridgehead atoms. The van der Waals surface area contributed by atoms with Gasteiger partial charge in [-0.25, -0.2) is 0 Å². The molecule has 1 saturated carbocycles. The van der Waals surface area contributed by atoms with Gasteiger partial charge < -0.3 is 31.9 Å². The third-order valence-corrected chi connectivity index (χ3v) is 6.27. The fourth-order valence-corrected chi connectivity index (χ4v) is 4.87. The van der Waals surface area contributed by atoms with Crippen molar-refractivity contribution in [3.05, 3.63) is 45.7 Å². The zero-order chi connectivity index (χ0) is 23.5. The number of phenolic OH excluding ortho intramolecular Hbond substituents is 1. The Bertz CT molecular complexity index is 1260. The summed E-state index contributed by atoms with van der Waals surface area (Å²) >= 11 is 0. The Hall–Kier alpha value is -4.10. The number of carbonyl (C=O) groups is 4. The van der Waals surface area contributed by atoms with E-state index in [1.807, 2.05) is 0 Å². The second-order valence-corrected chi connectivity index (χ2v) is 8.01. The Morgan fingerprint density at radius 2 is 1.78 bits per heavy atom. The molecule has 2 amide bonds. The van der Waals surface area contributed by atoms with Gasteiger partial charge in [-0.1, -0.05) is 5.92 Å². The van der Waals surface area contributed by atoms with Crippen molar-refractivity contribution in [3.8, 4) is 17.6 Å². The third-order valence-electron chi connectivity index (χ3n) is 6.27. The minimum absolute atomic E-state index is 0.00125. The second-order valence-electron chi connectivity index (χ2n) is 8.01.